The van der Waals surface area contributed by atoms with Crippen LogP contribution in [0.1, 0.15) is 23.6 Å². The van der Waals surface area contributed by atoms with E-state index in [4.69, 9.17) is 15.2 Å². The van der Waals surface area contributed by atoms with Crippen LogP contribution in [0.5, 0.6) is 11.5 Å². The summed E-state index contributed by atoms with van der Waals surface area (Å²) >= 11 is 1.08. The largest absolute Gasteiger partial charge is 0.493 e. The lowest BCUT2D eigenvalue weighted by Gasteiger charge is -2.15. The number of nitriles is 2. The Balaban J connectivity index is 1.97. The minimum atomic E-state index is -0.243. The van der Waals surface area contributed by atoms with Crippen molar-refractivity contribution in [2.24, 2.45) is 0 Å². The normalized spacial score (nSPS) is 10.1. The number of amides is 1. The number of ether oxygens (including phenoxy) is 2. The van der Waals surface area contributed by atoms with E-state index < -0.39 is 0 Å². The zero-order chi connectivity index (χ0) is 24.7. The van der Waals surface area contributed by atoms with Crippen molar-refractivity contribution >= 4 is 29.2 Å². The number of nitrogen functional groups attached to an aromatic ring is 1. The lowest BCUT2D eigenvalue weighted by atomic mass is 9.96. The number of benzene rings is 2. The minimum Gasteiger partial charge on any atom is -0.493 e. The topological polar surface area (TPSA) is 134 Å². The molecule has 172 valence electrons. The molecule has 0 radical (unpaired) electrons. The van der Waals surface area contributed by atoms with Gasteiger partial charge in [0.15, 0.2) is 11.5 Å². The van der Waals surface area contributed by atoms with Gasteiger partial charge in [-0.2, -0.15) is 10.5 Å². The lowest BCUT2D eigenvalue weighted by Crippen LogP contribution is -2.15. The van der Waals surface area contributed by atoms with Crippen LogP contribution in [0.3, 0.4) is 0 Å². The Kier molecular flexibility index (Phi) is 7.96. The minimum absolute atomic E-state index is 0.0104. The monoisotopic (exact) mass is 473 g/mol. The van der Waals surface area contributed by atoms with E-state index in [1.165, 1.54) is 14.2 Å². The van der Waals surface area contributed by atoms with E-state index >= 15 is 0 Å². The number of carbonyl (C=O) groups excluding carboxylic acids is 1. The van der Waals surface area contributed by atoms with Crippen molar-refractivity contribution in [1.82, 2.24) is 4.98 Å². The Morgan fingerprint density at radius 1 is 1.09 bits per heavy atom. The number of para-hydroxylation sites is 1. The van der Waals surface area contributed by atoms with Crippen LogP contribution in [0.25, 0.3) is 11.1 Å². The first-order chi connectivity index (χ1) is 16.5. The van der Waals surface area contributed by atoms with Gasteiger partial charge in [-0.3, -0.25) is 4.79 Å². The van der Waals surface area contributed by atoms with E-state index in [9.17, 15) is 15.3 Å². The molecule has 0 unspecified atom stereocenters. The number of thioether (sulfide) groups is 1. The molecule has 2 aromatic carbocycles. The zero-order valence-electron chi connectivity index (χ0n) is 19.0. The number of hydrogen-bond acceptors (Lipinski definition) is 8. The van der Waals surface area contributed by atoms with E-state index in [-0.39, 0.29) is 33.6 Å². The fourth-order valence-corrected chi connectivity index (χ4v) is 4.25. The number of rotatable bonds is 8. The maximum absolute atomic E-state index is 12.6. The highest BCUT2D eigenvalue weighted by Gasteiger charge is 2.22. The SMILES string of the molecule is CCc1ccccc1NC(=O)CSc1nc(N)c(C#N)c(-c2ccc(OC)c(OC)c2)c1C#N. The molecule has 8 nitrogen and oxygen atoms in total. The van der Waals surface area contributed by atoms with Crippen LogP contribution in [0.15, 0.2) is 47.5 Å². The maximum Gasteiger partial charge on any atom is 0.234 e. The summed E-state index contributed by atoms with van der Waals surface area (Å²) in [5, 5.41) is 22.8. The molecule has 9 heteroatoms. The number of nitrogens with two attached hydrogens (primary N) is 1. The van der Waals surface area contributed by atoms with Crippen LogP contribution in [-0.2, 0) is 11.2 Å². The molecular formula is C25H23N5O3S. The fraction of sp³-hybridized carbons (Fsp3) is 0.200. The summed E-state index contributed by atoms with van der Waals surface area (Å²) < 4.78 is 10.6. The van der Waals surface area contributed by atoms with Gasteiger partial charge in [0.1, 0.15) is 28.5 Å². The van der Waals surface area contributed by atoms with Gasteiger partial charge in [-0.05, 0) is 35.7 Å². The van der Waals surface area contributed by atoms with Crippen molar-refractivity contribution in [2.75, 3.05) is 31.0 Å². The van der Waals surface area contributed by atoms with Gasteiger partial charge in [-0.15, -0.1) is 0 Å². The first-order valence-electron chi connectivity index (χ1n) is 10.3. The number of nitrogens with zero attached hydrogens (tertiary/aromatic N) is 3. The van der Waals surface area contributed by atoms with Crippen LogP contribution in [0.4, 0.5) is 11.5 Å². The molecule has 0 saturated carbocycles. The average Bonchev–Trinajstić information content (AvgIpc) is 2.86. The molecule has 3 N–H and O–H groups in total. The third-order valence-corrected chi connectivity index (χ3v) is 6.08. The van der Waals surface area contributed by atoms with Gasteiger partial charge in [0.2, 0.25) is 5.91 Å². The predicted octanol–water partition coefficient (Wildman–Crippen LogP) is 4.38. The summed E-state index contributed by atoms with van der Waals surface area (Å²) in [5.41, 5.74) is 8.95. The molecule has 3 aromatic rings. The number of nitrogens with one attached hydrogen (secondary N) is 1. The number of methoxy groups -OCH3 is 2. The Morgan fingerprint density at radius 3 is 2.44 bits per heavy atom. The van der Waals surface area contributed by atoms with Gasteiger partial charge in [-0.1, -0.05) is 43.0 Å². The second kappa shape index (κ2) is 11.1. The summed E-state index contributed by atoms with van der Waals surface area (Å²) in [4.78, 5) is 16.9. The molecule has 0 atom stereocenters. The first-order valence-corrected chi connectivity index (χ1v) is 11.3. The quantitative estimate of drug-likeness (QED) is 0.460. The number of aryl methyl sites for hydroxylation is 1. The summed E-state index contributed by atoms with van der Waals surface area (Å²) in [6.07, 6.45) is 0.782. The van der Waals surface area contributed by atoms with Gasteiger partial charge >= 0.3 is 0 Å². The van der Waals surface area contributed by atoms with E-state index in [0.29, 0.717) is 22.6 Å². The second-order valence-corrected chi connectivity index (χ2v) is 8.03. The molecule has 1 heterocycles. The van der Waals surface area contributed by atoms with Crippen molar-refractivity contribution in [1.29, 1.82) is 10.5 Å². The first kappa shape index (κ1) is 24.4. The number of carbonyl (C=O) groups is 1. The smallest absolute Gasteiger partial charge is 0.234 e. The molecule has 34 heavy (non-hydrogen) atoms. The third-order valence-electron chi connectivity index (χ3n) is 5.10. The highest BCUT2D eigenvalue weighted by Crippen LogP contribution is 2.39. The molecule has 0 fully saturated rings. The van der Waals surface area contributed by atoms with Crippen molar-refractivity contribution in [3.8, 4) is 34.8 Å². The van der Waals surface area contributed by atoms with E-state index in [2.05, 4.69) is 16.4 Å². The standard InChI is InChI=1S/C25H23N5O3S/c1-4-15-7-5-6-8-19(15)29-22(31)14-34-25-18(13-27)23(17(12-26)24(28)30-25)16-9-10-20(32-2)21(11-16)33-3/h5-11H,4,14H2,1-3H3,(H2,28,30)(H,29,31). The van der Waals surface area contributed by atoms with E-state index in [1.54, 1.807) is 18.2 Å². The van der Waals surface area contributed by atoms with Crippen LogP contribution in [0.2, 0.25) is 0 Å². The second-order valence-electron chi connectivity index (χ2n) is 7.07. The molecule has 3 rings (SSSR count). The molecule has 0 aliphatic carbocycles. The average molecular weight is 474 g/mol. The Labute approximate surface area is 202 Å². The van der Waals surface area contributed by atoms with Crippen molar-refractivity contribution in [2.45, 2.75) is 18.4 Å². The Hall–Kier alpha value is -4.21. The van der Waals surface area contributed by atoms with Gasteiger partial charge in [0, 0.05) is 11.3 Å². The fourth-order valence-electron chi connectivity index (χ4n) is 3.45. The van der Waals surface area contributed by atoms with Crippen LogP contribution >= 0.6 is 11.8 Å². The zero-order valence-corrected chi connectivity index (χ0v) is 19.8. The van der Waals surface area contributed by atoms with Gasteiger partial charge < -0.3 is 20.5 Å². The molecular weight excluding hydrogens is 450 g/mol. The van der Waals surface area contributed by atoms with E-state index in [1.807, 2.05) is 37.3 Å². The molecule has 0 spiro atoms. The molecule has 0 aliphatic rings. The summed E-state index contributed by atoms with van der Waals surface area (Å²) in [6, 6.07) is 16.8. The number of anilines is 2. The number of hydrogen-bond donors (Lipinski definition) is 2. The lowest BCUT2D eigenvalue weighted by molar-refractivity contribution is -0.113. The Morgan fingerprint density at radius 2 is 1.79 bits per heavy atom. The molecule has 0 saturated heterocycles. The molecule has 1 amide bonds. The summed E-state index contributed by atoms with van der Waals surface area (Å²) in [5.74, 6) is 0.684. The van der Waals surface area contributed by atoms with Crippen molar-refractivity contribution < 1.29 is 14.3 Å². The third kappa shape index (κ3) is 5.06. The predicted molar refractivity (Wildman–Crippen MR) is 132 cm³/mol. The van der Waals surface area contributed by atoms with Crippen LogP contribution < -0.4 is 20.5 Å². The molecule has 1 aromatic heterocycles. The van der Waals surface area contributed by atoms with Gasteiger partial charge in [0.05, 0.1) is 25.5 Å². The van der Waals surface area contributed by atoms with Crippen LogP contribution in [-0.4, -0.2) is 30.9 Å². The highest BCUT2D eigenvalue weighted by molar-refractivity contribution is 8.00. The number of aromatic nitrogens is 1. The van der Waals surface area contributed by atoms with Gasteiger partial charge in [-0.25, -0.2) is 4.98 Å². The highest BCUT2D eigenvalue weighted by atomic mass is 32.2. The van der Waals surface area contributed by atoms with Crippen LogP contribution in [0, 0.1) is 22.7 Å². The summed E-state index contributed by atoms with van der Waals surface area (Å²) in [7, 11) is 3.01. The number of pyridine rings is 1. The maximum atomic E-state index is 12.6. The Bertz CT molecular complexity index is 1310. The van der Waals surface area contributed by atoms with Crippen molar-refractivity contribution in [3.63, 3.8) is 0 Å². The van der Waals surface area contributed by atoms with Crippen molar-refractivity contribution in [3.05, 3.63) is 59.2 Å². The molecule has 0 aliphatic heterocycles. The summed E-state index contributed by atoms with van der Waals surface area (Å²) in [6.45, 7) is 2.01. The molecule has 0 bridgehead atoms. The van der Waals surface area contributed by atoms with E-state index in [0.717, 1.165) is 29.4 Å². The van der Waals surface area contributed by atoms with Gasteiger partial charge in [0.25, 0.3) is 0 Å².